The summed E-state index contributed by atoms with van der Waals surface area (Å²) in [7, 11) is 3.28. The van der Waals surface area contributed by atoms with Gasteiger partial charge in [0.15, 0.2) is 6.10 Å². The van der Waals surface area contributed by atoms with Crippen LogP contribution in [0.1, 0.15) is 17.2 Å². The number of phenolic OH excluding ortho intramolecular Hbond substituents is 1. The highest BCUT2D eigenvalue weighted by molar-refractivity contribution is 5.42. The summed E-state index contributed by atoms with van der Waals surface area (Å²) in [5.74, 6) is 0.129. The first kappa shape index (κ1) is 13.9. The van der Waals surface area contributed by atoms with Crippen LogP contribution in [0.15, 0.2) is 48.5 Å². The summed E-state index contributed by atoms with van der Waals surface area (Å²) < 4.78 is 17.4. The molecule has 1 aliphatic rings. The minimum atomic E-state index is -0.893. The van der Waals surface area contributed by atoms with Crippen LogP contribution in [0, 0.1) is 0 Å². The highest BCUT2D eigenvalue weighted by atomic mass is 16.7. The number of para-hydroxylation sites is 1. The molecule has 0 bridgehead atoms. The van der Waals surface area contributed by atoms with Gasteiger partial charge in [-0.25, -0.2) is 0 Å². The molecule has 0 saturated carbocycles. The van der Waals surface area contributed by atoms with Crippen molar-refractivity contribution in [3.63, 3.8) is 0 Å². The Morgan fingerprint density at radius 1 is 1.10 bits per heavy atom. The average Bonchev–Trinajstić information content (AvgIpc) is 2.83. The molecular formula is C17H18O4. The molecule has 0 spiro atoms. The van der Waals surface area contributed by atoms with Gasteiger partial charge in [0.05, 0.1) is 0 Å². The van der Waals surface area contributed by atoms with Gasteiger partial charge < -0.3 is 19.3 Å². The highest BCUT2D eigenvalue weighted by Crippen LogP contribution is 2.47. The Labute approximate surface area is 123 Å². The van der Waals surface area contributed by atoms with E-state index in [-0.39, 0.29) is 11.9 Å². The lowest BCUT2D eigenvalue weighted by atomic mass is 9.97. The SMILES string of the molecule is COC1c2ccccc2OC1(Cc1ccc(O)cc1)OC. The van der Waals surface area contributed by atoms with Crippen molar-refractivity contribution in [2.45, 2.75) is 18.3 Å². The van der Waals surface area contributed by atoms with Crippen LogP contribution in [0.25, 0.3) is 0 Å². The molecule has 2 atom stereocenters. The molecule has 1 N–H and O–H groups in total. The van der Waals surface area contributed by atoms with Crippen LogP contribution in [-0.4, -0.2) is 25.1 Å². The fraction of sp³-hybridized carbons (Fsp3) is 0.294. The Kier molecular flexibility index (Phi) is 3.57. The van der Waals surface area contributed by atoms with E-state index in [0.29, 0.717) is 6.42 Å². The molecule has 3 rings (SSSR count). The topological polar surface area (TPSA) is 47.9 Å². The van der Waals surface area contributed by atoms with Gasteiger partial charge in [-0.15, -0.1) is 0 Å². The molecule has 0 radical (unpaired) electrons. The van der Waals surface area contributed by atoms with Crippen molar-refractivity contribution in [2.75, 3.05) is 14.2 Å². The van der Waals surface area contributed by atoms with Crippen molar-refractivity contribution in [2.24, 2.45) is 0 Å². The smallest absolute Gasteiger partial charge is 0.245 e. The van der Waals surface area contributed by atoms with Gasteiger partial charge >= 0.3 is 0 Å². The Morgan fingerprint density at radius 2 is 1.81 bits per heavy atom. The molecule has 21 heavy (non-hydrogen) atoms. The second-order valence-corrected chi connectivity index (χ2v) is 5.11. The van der Waals surface area contributed by atoms with E-state index in [0.717, 1.165) is 16.9 Å². The van der Waals surface area contributed by atoms with E-state index in [1.807, 2.05) is 36.4 Å². The lowest BCUT2D eigenvalue weighted by Crippen LogP contribution is -2.43. The number of aromatic hydroxyl groups is 1. The van der Waals surface area contributed by atoms with E-state index >= 15 is 0 Å². The van der Waals surface area contributed by atoms with Gasteiger partial charge in [0, 0.05) is 26.2 Å². The molecule has 2 unspecified atom stereocenters. The first-order valence-electron chi connectivity index (χ1n) is 6.82. The molecule has 0 amide bonds. The van der Waals surface area contributed by atoms with Crippen molar-refractivity contribution < 1.29 is 19.3 Å². The van der Waals surface area contributed by atoms with Gasteiger partial charge in [0.25, 0.3) is 0 Å². The number of methoxy groups -OCH3 is 2. The summed E-state index contributed by atoms with van der Waals surface area (Å²) in [6.45, 7) is 0. The summed E-state index contributed by atoms with van der Waals surface area (Å²) in [5, 5.41) is 9.39. The molecule has 2 aromatic carbocycles. The predicted octanol–water partition coefficient (Wildman–Crippen LogP) is 3.06. The maximum Gasteiger partial charge on any atom is 0.245 e. The standard InChI is InChI=1S/C17H18O4/c1-19-16-14-5-3-4-6-15(14)21-17(16,20-2)11-12-7-9-13(18)10-8-12/h3-10,16,18H,11H2,1-2H3. The van der Waals surface area contributed by atoms with Gasteiger partial charge in [-0.3, -0.25) is 0 Å². The largest absolute Gasteiger partial charge is 0.508 e. The number of fused-ring (bicyclic) bond motifs is 1. The molecule has 2 aromatic rings. The third kappa shape index (κ3) is 2.37. The summed E-state index contributed by atoms with van der Waals surface area (Å²) in [4.78, 5) is 0. The van der Waals surface area contributed by atoms with E-state index in [1.54, 1.807) is 26.4 Å². The van der Waals surface area contributed by atoms with Gasteiger partial charge in [-0.1, -0.05) is 30.3 Å². The summed E-state index contributed by atoms with van der Waals surface area (Å²) in [5.41, 5.74) is 1.99. The number of hydrogen-bond acceptors (Lipinski definition) is 4. The Balaban J connectivity index is 1.95. The molecule has 1 aliphatic heterocycles. The summed E-state index contributed by atoms with van der Waals surface area (Å²) >= 11 is 0. The normalized spacial score (nSPS) is 23.6. The van der Waals surface area contributed by atoms with Crippen LogP contribution in [-0.2, 0) is 15.9 Å². The number of hydrogen-bond donors (Lipinski definition) is 1. The van der Waals surface area contributed by atoms with E-state index < -0.39 is 5.79 Å². The van der Waals surface area contributed by atoms with Gasteiger partial charge in [0.1, 0.15) is 11.5 Å². The fourth-order valence-electron chi connectivity index (χ4n) is 2.82. The minimum Gasteiger partial charge on any atom is -0.508 e. The highest BCUT2D eigenvalue weighted by Gasteiger charge is 2.49. The molecule has 4 nitrogen and oxygen atoms in total. The summed E-state index contributed by atoms with van der Waals surface area (Å²) in [6, 6.07) is 14.8. The monoisotopic (exact) mass is 286 g/mol. The lowest BCUT2D eigenvalue weighted by molar-refractivity contribution is -0.216. The van der Waals surface area contributed by atoms with Crippen molar-refractivity contribution in [3.8, 4) is 11.5 Å². The second kappa shape index (κ2) is 5.39. The Morgan fingerprint density at radius 3 is 2.48 bits per heavy atom. The second-order valence-electron chi connectivity index (χ2n) is 5.11. The van der Waals surface area contributed by atoms with Crippen LogP contribution in [0.3, 0.4) is 0 Å². The first-order chi connectivity index (χ1) is 10.2. The maximum atomic E-state index is 9.39. The van der Waals surface area contributed by atoms with Gasteiger partial charge in [-0.2, -0.15) is 0 Å². The third-order valence-electron chi connectivity index (χ3n) is 3.85. The fourth-order valence-corrected chi connectivity index (χ4v) is 2.82. The summed E-state index contributed by atoms with van der Waals surface area (Å²) in [6.07, 6.45) is 0.226. The van der Waals surface area contributed by atoms with Crippen LogP contribution in [0.5, 0.6) is 11.5 Å². The molecule has 0 fully saturated rings. The maximum absolute atomic E-state index is 9.39. The molecular weight excluding hydrogens is 268 g/mol. The van der Waals surface area contributed by atoms with E-state index in [2.05, 4.69) is 0 Å². The Bertz CT molecular complexity index is 623. The zero-order valence-corrected chi connectivity index (χ0v) is 12.1. The van der Waals surface area contributed by atoms with Gasteiger partial charge in [0.2, 0.25) is 5.79 Å². The van der Waals surface area contributed by atoms with Crippen LogP contribution in [0.2, 0.25) is 0 Å². The van der Waals surface area contributed by atoms with Crippen molar-refractivity contribution in [1.82, 2.24) is 0 Å². The van der Waals surface area contributed by atoms with Crippen molar-refractivity contribution in [3.05, 3.63) is 59.7 Å². The quantitative estimate of drug-likeness (QED) is 0.938. The molecule has 4 heteroatoms. The average molecular weight is 286 g/mol. The molecule has 0 saturated heterocycles. The number of ether oxygens (including phenoxy) is 3. The number of benzene rings is 2. The molecule has 110 valence electrons. The first-order valence-corrected chi connectivity index (χ1v) is 6.82. The Hall–Kier alpha value is -2.04. The van der Waals surface area contributed by atoms with Crippen LogP contribution < -0.4 is 4.74 Å². The molecule has 0 aliphatic carbocycles. The lowest BCUT2D eigenvalue weighted by Gasteiger charge is -2.32. The van der Waals surface area contributed by atoms with Crippen LogP contribution >= 0.6 is 0 Å². The number of rotatable bonds is 4. The van der Waals surface area contributed by atoms with Crippen LogP contribution in [0.4, 0.5) is 0 Å². The molecule has 1 heterocycles. The predicted molar refractivity (Wildman–Crippen MR) is 78.4 cm³/mol. The van der Waals surface area contributed by atoms with E-state index in [1.165, 1.54) is 0 Å². The zero-order chi connectivity index (χ0) is 14.9. The van der Waals surface area contributed by atoms with Gasteiger partial charge in [-0.05, 0) is 23.8 Å². The van der Waals surface area contributed by atoms with Crippen molar-refractivity contribution >= 4 is 0 Å². The number of phenols is 1. The zero-order valence-electron chi connectivity index (χ0n) is 12.1. The van der Waals surface area contributed by atoms with E-state index in [9.17, 15) is 5.11 Å². The third-order valence-corrected chi connectivity index (χ3v) is 3.85. The minimum absolute atomic E-state index is 0.240. The van der Waals surface area contributed by atoms with Crippen molar-refractivity contribution in [1.29, 1.82) is 0 Å². The molecule has 0 aromatic heterocycles. The van der Waals surface area contributed by atoms with E-state index in [4.69, 9.17) is 14.2 Å².